The number of amides is 1. The Morgan fingerprint density at radius 2 is 1.78 bits per heavy atom. The van der Waals surface area contributed by atoms with Crippen LogP contribution in [0.3, 0.4) is 0 Å². The maximum atomic E-state index is 12.8. The molecule has 0 saturated heterocycles. The average molecular weight is 373 g/mol. The van der Waals surface area contributed by atoms with Gasteiger partial charge in [0.2, 0.25) is 0 Å². The monoisotopic (exact) mass is 373 g/mol. The highest BCUT2D eigenvalue weighted by Gasteiger charge is 2.14. The Morgan fingerprint density at radius 1 is 1.04 bits per heavy atom. The quantitative estimate of drug-likeness (QED) is 0.711. The zero-order valence-corrected chi connectivity index (χ0v) is 16.5. The van der Waals surface area contributed by atoms with Crippen molar-refractivity contribution in [2.75, 3.05) is 26.1 Å². The molecule has 0 saturated carbocycles. The van der Waals surface area contributed by atoms with Crippen molar-refractivity contribution < 1.29 is 23.7 Å². The number of nitrogens with one attached hydrogen (secondary N) is 1. The van der Waals surface area contributed by atoms with Gasteiger partial charge in [-0.1, -0.05) is 0 Å². The van der Waals surface area contributed by atoms with Gasteiger partial charge in [0.05, 0.1) is 39.2 Å². The molecule has 2 rings (SSSR count). The molecule has 2 aromatic carbocycles. The molecular weight excluding hydrogens is 346 g/mol. The highest BCUT2D eigenvalue weighted by Crippen LogP contribution is 2.30. The van der Waals surface area contributed by atoms with Crippen LogP contribution in [0.25, 0.3) is 0 Å². The molecule has 0 bridgehead atoms. The molecule has 0 aliphatic rings. The van der Waals surface area contributed by atoms with Crippen molar-refractivity contribution >= 4 is 11.6 Å². The fourth-order valence-electron chi connectivity index (χ4n) is 2.49. The number of carbonyl (C=O) groups is 1. The predicted octanol–water partition coefficient (Wildman–Crippen LogP) is 4.28. The Kier molecular flexibility index (Phi) is 7.49. The normalized spacial score (nSPS) is 10.6. The van der Waals surface area contributed by atoms with E-state index in [9.17, 15) is 4.79 Å². The number of hydrogen-bond acceptors (Lipinski definition) is 5. The molecular formula is C21H27NO5. The summed E-state index contributed by atoms with van der Waals surface area (Å²) in [5.74, 6) is 1.64. The number of benzene rings is 2. The lowest BCUT2D eigenvalue weighted by Gasteiger charge is -2.15. The molecule has 0 spiro atoms. The first-order valence-corrected chi connectivity index (χ1v) is 8.89. The molecule has 0 aliphatic carbocycles. The molecule has 146 valence electrons. The summed E-state index contributed by atoms with van der Waals surface area (Å²) < 4.78 is 21.9. The van der Waals surface area contributed by atoms with Crippen LogP contribution >= 0.6 is 0 Å². The van der Waals surface area contributed by atoms with Crippen LogP contribution in [0.15, 0.2) is 36.4 Å². The first-order valence-electron chi connectivity index (χ1n) is 8.89. The summed E-state index contributed by atoms with van der Waals surface area (Å²) in [5, 5.41) is 2.87. The minimum Gasteiger partial charge on any atom is -0.497 e. The van der Waals surface area contributed by atoms with Gasteiger partial charge in [-0.05, 0) is 51.1 Å². The van der Waals surface area contributed by atoms with E-state index in [1.807, 2.05) is 20.8 Å². The summed E-state index contributed by atoms with van der Waals surface area (Å²) in [5.41, 5.74) is 1.87. The van der Waals surface area contributed by atoms with Gasteiger partial charge in [-0.25, -0.2) is 0 Å². The van der Waals surface area contributed by atoms with Crippen molar-refractivity contribution in [3.63, 3.8) is 0 Å². The van der Waals surface area contributed by atoms with E-state index in [0.717, 1.165) is 5.56 Å². The van der Waals surface area contributed by atoms with E-state index in [1.165, 1.54) is 0 Å². The zero-order chi connectivity index (χ0) is 19.8. The minimum absolute atomic E-state index is 0.0815. The van der Waals surface area contributed by atoms with Gasteiger partial charge in [-0.3, -0.25) is 4.79 Å². The SMILES string of the molecule is CCOc1ccc(C(=O)Nc2cc(OC)ccc2OC)cc1COC(C)C. The molecule has 0 radical (unpaired) electrons. The summed E-state index contributed by atoms with van der Waals surface area (Å²) in [6.07, 6.45) is 0.0815. The van der Waals surface area contributed by atoms with Crippen LogP contribution < -0.4 is 19.5 Å². The average Bonchev–Trinajstić information content (AvgIpc) is 2.67. The Hall–Kier alpha value is -2.73. The number of methoxy groups -OCH3 is 2. The molecule has 6 nitrogen and oxygen atoms in total. The van der Waals surface area contributed by atoms with Crippen LogP contribution in [0.2, 0.25) is 0 Å². The third-order valence-electron chi connectivity index (χ3n) is 3.85. The summed E-state index contributed by atoms with van der Waals surface area (Å²) >= 11 is 0. The standard InChI is InChI=1S/C21H27NO5/c1-6-26-19-9-7-15(11-16(19)13-27-14(2)3)21(23)22-18-12-17(24-4)8-10-20(18)25-5/h7-12,14H,6,13H2,1-5H3,(H,22,23). The predicted molar refractivity (Wildman–Crippen MR) is 105 cm³/mol. The Labute approximate surface area is 160 Å². The molecule has 0 unspecified atom stereocenters. The van der Waals surface area contributed by atoms with Crippen molar-refractivity contribution in [2.24, 2.45) is 0 Å². The highest BCUT2D eigenvalue weighted by atomic mass is 16.5. The van der Waals surface area contributed by atoms with Crippen LogP contribution in [0.4, 0.5) is 5.69 Å². The van der Waals surface area contributed by atoms with Gasteiger partial charge in [-0.2, -0.15) is 0 Å². The Bertz CT molecular complexity index is 773. The van der Waals surface area contributed by atoms with Crippen LogP contribution in [0.1, 0.15) is 36.7 Å². The number of ether oxygens (including phenoxy) is 4. The Morgan fingerprint density at radius 3 is 2.41 bits per heavy atom. The molecule has 0 atom stereocenters. The van der Waals surface area contributed by atoms with E-state index in [0.29, 0.717) is 41.7 Å². The fourth-order valence-corrected chi connectivity index (χ4v) is 2.49. The minimum atomic E-state index is -0.254. The molecule has 1 amide bonds. The van der Waals surface area contributed by atoms with Crippen molar-refractivity contribution in [3.05, 3.63) is 47.5 Å². The lowest BCUT2D eigenvalue weighted by molar-refractivity contribution is 0.0641. The van der Waals surface area contributed by atoms with Gasteiger partial charge in [0.1, 0.15) is 17.2 Å². The van der Waals surface area contributed by atoms with Crippen LogP contribution in [0.5, 0.6) is 17.2 Å². The molecule has 1 N–H and O–H groups in total. The lowest BCUT2D eigenvalue weighted by Crippen LogP contribution is -2.14. The van der Waals surface area contributed by atoms with E-state index in [4.69, 9.17) is 18.9 Å². The molecule has 0 heterocycles. The fraction of sp³-hybridized carbons (Fsp3) is 0.381. The van der Waals surface area contributed by atoms with E-state index in [2.05, 4.69) is 5.32 Å². The molecule has 0 aromatic heterocycles. The number of anilines is 1. The molecule has 2 aromatic rings. The lowest BCUT2D eigenvalue weighted by atomic mass is 10.1. The van der Waals surface area contributed by atoms with Crippen molar-refractivity contribution in [1.29, 1.82) is 0 Å². The first kappa shape index (κ1) is 20.6. The van der Waals surface area contributed by atoms with Crippen molar-refractivity contribution in [1.82, 2.24) is 0 Å². The second-order valence-electron chi connectivity index (χ2n) is 6.14. The smallest absolute Gasteiger partial charge is 0.255 e. The van der Waals surface area contributed by atoms with Crippen LogP contribution in [-0.2, 0) is 11.3 Å². The third-order valence-corrected chi connectivity index (χ3v) is 3.85. The topological polar surface area (TPSA) is 66.0 Å². The number of hydrogen-bond donors (Lipinski definition) is 1. The van der Waals surface area contributed by atoms with Gasteiger partial charge >= 0.3 is 0 Å². The van der Waals surface area contributed by atoms with E-state index in [1.54, 1.807) is 50.6 Å². The van der Waals surface area contributed by atoms with E-state index < -0.39 is 0 Å². The van der Waals surface area contributed by atoms with E-state index in [-0.39, 0.29) is 12.0 Å². The second kappa shape index (κ2) is 9.83. The highest BCUT2D eigenvalue weighted by molar-refractivity contribution is 6.05. The van der Waals surface area contributed by atoms with Crippen molar-refractivity contribution in [2.45, 2.75) is 33.5 Å². The summed E-state index contributed by atoms with van der Waals surface area (Å²) in [4.78, 5) is 12.8. The largest absolute Gasteiger partial charge is 0.497 e. The molecule has 6 heteroatoms. The Balaban J connectivity index is 2.26. The molecule has 0 fully saturated rings. The molecule has 0 aliphatic heterocycles. The van der Waals surface area contributed by atoms with Gasteiger partial charge in [0, 0.05) is 17.2 Å². The summed E-state index contributed by atoms with van der Waals surface area (Å²) in [6, 6.07) is 10.5. The second-order valence-corrected chi connectivity index (χ2v) is 6.14. The molecule has 27 heavy (non-hydrogen) atoms. The van der Waals surface area contributed by atoms with Gasteiger partial charge in [0.25, 0.3) is 5.91 Å². The summed E-state index contributed by atoms with van der Waals surface area (Å²) in [6.45, 7) is 6.76. The maximum Gasteiger partial charge on any atom is 0.255 e. The van der Waals surface area contributed by atoms with Gasteiger partial charge < -0.3 is 24.3 Å². The summed E-state index contributed by atoms with van der Waals surface area (Å²) in [7, 11) is 3.12. The van der Waals surface area contributed by atoms with Crippen LogP contribution in [-0.4, -0.2) is 32.8 Å². The van der Waals surface area contributed by atoms with Crippen molar-refractivity contribution in [3.8, 4) is 17.2 Å². The van der Waals surface area contributed by atoms with Gasteiger partial charge in [0.15, 0.2) is 0 Å². The number of carbonyl (C=O) groups excluding carboxylic acids is 1. The zero-order valence-electron chi connectivity index (χ0n) is 16.5. The number of rotatable bonds is 9. The van der Waals surface area contributed by atoms with Gasteiger partial charge in [-0.15, -0.1) is 0 Å². The van der Waals surface area contributed by atoms with E-state index >= 15 is 0 Å². The van der Waals surface area contributed by atoms with Crippen LogP contribution in [0, 0.1) is 0 Å². The third kappa shape index (κ3) is 5.62. The maximum absolute atomic E-state index is 12.8. The first-order chi connectivity index (χ1) is 13.0.